The second-order valence-corrected chi connectivity index (χ2v) is 4.50. The monoisotopic (exact) mass is 201 g/mol. The average molecular weight is 201 g/mol. The number of H-pyrrole nitrogens is 1. The Bertz CT molecular complexity index is 480. The van der Waals surface area contributed by atoms with Crippen LogP contribution in [0.2, 0.25) is 0 Å². The van der Waals surface area contributed by atoms with E-state index in [-0.39, 0.29) is 5.54 Å². The van der Waals surface area contributed by atoms with Crippen LogP contribution < -0.4 is 5.73 Å². The first-order chi connectivity index (χ1) is 7.28. The molecule has 3 rings (SSSR count). The Hall–Kier alpha value is -1.35. The summed E-state index contributed by atoms with van der Waals surface area (Å²) < 4.78 is 0. The number of rotatable bonds is 1. The van der Waals surface area contributed by atoms with E-state index in [2.05, 4.69) is 16.0 Å². The number of nitrogens with two attached hydrogens (primary N) is 1. The van der Waals surface area contributed by atoms with Crippen LogP contribution in [0.3, 0.4) is 0 Å². The van der Waals surface area contributed by atoms with Gasteiger partial charge in [-0.3, -0.25) is 4.98 Å². The van der Waals surface area contributed by atoms with Crippen LogP contribution >= 0.6 is 0 Å². The zero-order valence-corrected chi connectivity index (χ0v) is 8.66. The zero-order valence-electron chi connectivity index (χ0n) is 8.66. The van der Waals surface area contributed by atoms with Gasteiger partial charge < -0.3 is 10.7 Å². The molecule has 0 atom stereocenters. The van der Waals surface area contributed by atoms with E-state index in [1.807, 2.05) is 18.5 Å². The average Bonchev–Trinajstić information content (AvgIpc) is 2.85. The maximum absolute atomic E-state index is 6.39. The van der Waals surface area contributed by atoms with Gasteiger partial charge in [0.25, 0.3) is 0 Å². The zero-order chi connectivity index (χ0) is 10.3. The van der Waals surface area contributed by atoms with E-state index in [1.165, 1.54) is 18.4 Å². The van der Waals surface area contributed by atoms with E-state index >= 15 is 0 Å². The van der Waals surface area contributed by atoms with Gasteiger partial charge in [-0.2, -0.15) is 0 Å². The highest BCUT2D eigenvalue weighted by molar-refractivity contribution is 5.75. The summed E-state index contributed by atoms with van der Waals surface area (Å²) in [7, 11) is 0. The van der Waals surface area contributed by atoms with E-state index < -0.39 is 0 Å². The fraction of sp³-hybridized carbons (Fsp3) is 0.417. The van der Waals surface area contributed by atoms with Crippen LogP contribution in [0.1, 0.15) is 31.2 Å². The quantitative estimate of drug-likeness (QED) is 0.743. The second-order valence-electron chi connectivity index (χ2n) is 4.50. The smallest absolute Gasteiger partial charge is 0.0878 e. The summed E-state index contributed by atoms with van der Waals surface area (Å²) in [6, 6.07) is 4.13. The van der Waals surface area contributed by atoms with Gasteiger partial charge in [-0.15, -0.1) is 0 Å². The molecule has 2 aromatic heterocycles. The first-order valence-electron chi connectivity index (χ1n) is 5.50. The van der Waals surface area contributed by atoms with E-state index in [9.17, 15) is 0 Å². The second kappa shape index (κ2) is 3.07. The summed E-state index contributed by atoms with van der Waals surface area (Å²) in [4.78, 5) is 7.60. The number of hydrogen-bond donors (Lipinski definition) is 2. The molecule has 0 radical (unpaired) electrons. The minimum absolute atomic E-state index is 0.133. The summed E-state index contributed by atoms with van der Waals surface area (Å²) in [6.45, 7) is 0. The Morgan fingerprint density at radius 2 is 2.13 bits per heavy atom. The predicted octanol–water partition coefficient (Wildman–Crippen LogP) is 2.29. The number of nitrogens with one attached hydrogen (secondary N) is 1. The van der Waals surface area contributed by atoms with Gasteiger partial charge in [0.05, 0.1) is 11.0 Å². The lowest BCUT2D eigenvalue weighted by Crippen LogP contribution is -2.33. The van der Waals surface area contributed by atoms with Crippen molar-refractivity contribution in [1.82, 2.24) is 9.97 Å². The molecular formula is C12H15N3. The molecule has 2 heterocycles. The van der Waals surface area contributed by atoms with E-state index in [0.717, 1.165) is 23.9 Å². The lowest BCUT2D eigenvalue weighted by Gasteiger charge is -2.23. The summed E-state index contributed by atoms with van der Waals surface area (Å²) >= 11 is 0. The molecule has 0 bridgehead atoms. The van der Waals surface area contributed by atoms with Crippen LogP contribution in [0, 0.1) is 0 Å². The SMILES string of the molecule is NC1(c2cnc3cc[nH]c3c2)CCCC1. The molecule has 78 valence electrons. The molecule has 1 aliphatic carbocycles. The molecular weight excluding hydrogens is 186 g/mol. The normalized spacial score (nSPS) is 19.8. The van der Waals surface area contributed by atoms with Gasteiger partial charge in [0.2, 0.25) is 0 Å². The van der Waals surface area contributed by atoms with E-state index in [4.69, 9.17) is 5.73 Å². The number of nitrogens with zero attached hydrogens (tertiary/aromatic N) is 1. The number of hydrogen-bond acceptors (Lipinski definition) is 2. The third-order valence-electron chi connectivity index (χ3n) is 3.47. The predicted molar refractivity (Wildman–Crippen MR) is 60.4 cm³/mol. The van der Waals surface area contributed by atoms with Crippen molar-refractivity contribution in [1.29, 1.82) is 0 Å². The van der Waals surface area contributed by atoms with Crippen LogP contribution in [0.15, 0.2) is 24.5 Å². The number of fused-ring (bicyclic) bond motifs is 1. The topological polar surface area (TPSA) is 54.7 Å². The molecule has 0 saturated heterocycles. The van der Waals surface area contributed by atoms with Crippen LogP contribution in [0.4, 0.5) is 0 Å². The molecule has 15 heavy (non-hydrogen) atoms. The molecule has 1 aliphatic rings. The van der Waals surface area contributed by atoms with Crippen molar-refractivity contribution in [2.24, 2.45) is 5.73 Å². The van der Waals surface area contributed by atoms with Crippen LogP contribution in [-0.4, -0.2) is 9.97 Å². The van der Waals surface area contributed by atoms with Gasteiger partial charge in [-0.05, 0) is 30.5 Å². The molecule has 0 amide bonds. The number of aromatic amines is 1. The molecule has 3 heteroatoms. The fourth-order valence-corrected chi connectivity index (χ4v) is 2.50. The van der Waals surface area contributed by atoms with Crippen molar-refractivity contribution in [3.8, 4) is 0 Å². The summed E-state index contributed by atoms with van der Waals surface area (Å²) in [5.74, 6) is 0. The fourth-order valence-electron chi connectivity index (χ4n) is 2.50. The Morgan fingerprint density at radius 1 is 1.33 bits per heavy atom. The highest BCUT2D eigenvalue weighted by atomic mass is 14.8. The van der Waals surface area contributed by atoms with Gasteiger partial charge in [-0.1, -0.05) is 12.8 Å². The molecule has 1 saturated carbocycles. The first-order valence-corrected chi connectivity index (χ1v) is 5.50. The molecule has 0 spiro atoms. The molecule has 3 nitrogen and oxygen atoms in total. The number of pyridine rings is 1. The molecule has 0 aliphatic heterocycles. The van der Waals surface area contributed by atoms with Crippen LogP contribution in [-0.2, 0) is 5.54 Å². The third kappa shape index (κ3) is 1.35. The first kappa shape index (κ1) is 8.92. The van der Waals surface area contributed by atoms with Crippen molar-refractivity contribution in [3.63, 3.8) is 0 Å². The molecule has 0 aromatic carbocycles. The Labute approximate surface area is 88.7 Å². The van der Waals surface area contributed by atoms with Gasteiger partial charge in [0.1, 0.15) is 0 Å². The summed E-state index contributed by atoms with van der Waals surface area (Å²) in [6.07, 6.45) is 8.49. The Balaban J connectivity index is 2.10. The summed E-state index contributed by atoms with van der Waals surface area (Å²) in [5, 5.41) is 0. The lowest BCUT2D eigenvalue weighted by atomic mass is 9.90. The van der Waals surface area contributed by atoms with Gasteiger partial charge in [0.15, 0.2) is 0 Å². The minimum atomic E-state index is -0.133. The van der Waals surface area contributed by atoms with E-state index in [1.54, 1.807) is 0 Å². The Kier molecular flexibility index (Phi) is 1.83. The maximum Gasteiger partial charge on any atom is 0.0878 e. The summed E-state index contributed by atoms with van der Waals surface area (Å²) in [5.41, 5.74) is 9.53. The largest absolute Gasteiger partial charge is 0.360 e. The van der Waals surface area contributed by atoms with E-state index in [0.29, 0.717) is 0 Å². The third-order valence-corrected chi connectivity index (χ3v) is 3.47. The van der Waals surface area contributed by atoms with Crippen molar-refractivity contribution in [2.75, 3.05) is 0 Å². The standard InChI is InChI=1S/C12H15N3/c13-12(4-1-2-5-12)9-7-11-10(15-8-9)3-6-14-11/h3,6-8,14H,1-2,4-5,13H2. The molecule has 0 unspecified atom stereocenters. The van der Waals surface area contributed by atoms with Crippen molar-refractivity contribution < 1.29 is 0 Å². The lowest BCUT2D eigenvalue weighted by molar-refractivity contribution is 0.461. The molecule has 2 aromatic rings. The molecule has 3 N–H and O–H groups in total. The van der Waals surface area contributed by atoms with Gasteiger partial charge in [0, 0.05) is 17.9 Å². The minimum Gasteiger partial charge on any atom is -0.360 e. The highest BCUT2D eigenvalue weighted by Gasteiger charge is 2.31. The van der Waals surface area contributed by atoms with Crippen LogP contribution in [0.25, 0.3) is 11.0 Å². The van der Waals surface area contributed by atoms with Crippen molar-refractivity contribution >= 4 is 11.0 Å². The Morgan fingerprint density at radius 3 is 2.93 bits per heavy atom. The molecule has 1 fully saturated rings. The van der Waals surface area contributed by atoms with Crippen molar-refractivity contribution in [3.05, 3.63) is 30.1 Å². The van der Waals surface area contributed by atoms with Crippen molar-refractivity contribution in [2.45, 2.75) is 31.2 Å². The maximum atomic E-state index is 6.39. The van der Waals surface area contributed by atoms with Gasteiger partial charge in [-0.25, -0.2) is 0 Å². The highest BCUT2D eigenvalue weighted by Crippen LogP contribution is 2.36. The van der Waals surface area contributed by atoms with Gasteiger partial charge >= 0.3 is 0 Å². The number of aromatic nitrogens is 2. The van der Waals surface area contributed by atoms with Crippen LogP contribution in [0.5, 0.6) is 0 Å².